The van der Waals surface area contributed by atoms with E-state index in [0.717, 1.165) is 15.8 Å². The van der Waals surface area contributed by atoms with E-state index in [1.54, 1.807) is 31.2 Å². The minimum Gasteiger partial charge on any atom is -0.460 e. The van der Waals surface area contributed by atoms with Gasteiger partial charge in [0.2, 0.25) is 0 Å². The Bertz CT molecular complexity index is 730. The molecule has 0 aliphatic rings. The number of amides is 2. The zero-order valence-electron chi connectivity index (χ0n) is 12.0. The Morgan fingerprint density at radius 3 is 2.57 bits per heavy atom. The lowest BCUT2D eigenvalue weighted by atomic mass is 10.3. The molecule has 0 aliphatic carbocycles. The first-order valence-corrected chi connectivity index (χ1v) is 8.17. The number of carbonyl (C=O) groups excluding carboxylic acids is 3. The number of ether oxygens (including phenoxy) is 1. The monoisotopic (exact) mass is 397 g/mol. The second kappa shape index (κ2) is 7.84. The van der Waals surface area contributed by atoms with Crippen LogP contribution in [0.4, 0.5) is 15.6 Å². The van der Waals surface area contributed by atoms with Gasteiger partial charge in [-0.15, -0.1) is 11.3 Å². The van der Waals surface area contributed by atoms with Gasteiger partial charge in [0, 0.05) is 15.5 Å². The van der Waals surface area contributed by atoms with Crippen molar-refractivity contribution in [1.82, 2.24) is 4.98 Å². The third kappa shape index (κ3) is 4.86. The summed E-state index contributed by atoms with van der Waals surface area (Å²) in [7, 11) is 0. The summed E-state index contributed by atoms with van der Waals surface area (Å²) in [4.78, 5) is 38.8. The molecule has 2 N–H and O–H groups in total. The molecule has 0 saturated heterocycles. The molecule has 0 aliphatic heterocycles. The molecule has 9 heteroatoms. The normalized spacial score (nSPS) is 10.0. The van der Waals surface area contributed by atoms with Gasteiger partial charge in [0.05, 0.1) is 6.61 Å². The van der Waals surface area contributed by atoms with Gasteiger partial charge in [-0.3, -0.25) is 10.1 Å². The number of benzene rings is 1. The van der Waals surface area contributed by atoms with E-state index >= 15 is 0 Å². The molecule has 120 valence electrons. The van der Waals surface area contributed by atoms with Crippen molar-refractivity contribution in [1.29, 1.82) is 0 Å². The predicted octanol–water partition coefficient (Wildman–Crippen LogP) is 3.30. The van der Waals surface area contributed by atoms with Gasteiger partial charge in [0.25, 0.3) is 5.78 Å². The number of rotatable bonds is 5. The van der Waals surface area contributed by atoms with Crippen molar-refractivity contribution in [2.75, 3.05) is 17.2 Å². The molecule has 0 radical (unpaired) electrons. The van der Waals surface area contributed by atoms with Gasteiger partial charge in [-0.25, -0.2) is 14.6 Å². The van der Waals surface area contributed by atoms with Crippen LogP contribution in [-0.2, 0) is 9.53 Å². The fourth-order valence-electron chi connectivity index (χ4n) is 1.53. The van der Waals surface area contributed by atoms with Crippen LogP contribution in [0.3, 0.4) is 0 Å². The topological polar surface area (TPSA) is 97.4 Å². The van der Waals surface area contributed by atoms with Gasteiger partial charge in [0.1, 0.15) is 5.69 Å². The van der Waals surface area contributed by atoms with Crippen LogP contribution in [0, 0.1) is 0 Å². The maximum absolute atomic E-state index is 11.8. The lowest BCUT2D eigenvalue weighted by molar-refractivity contribution is -0.137. The molecule has 1 aromatic carbocycles. The number of hydrogen-bond donors (Lipinski definition) is 2. The minimum absolute atomic E-state index is 0.0626. The first kappa shape index (κ1) is 17.1. The van der Waals surface area contributed by atoms with Crippen LogP contribution < -0.4 is 10.6 Å². The quantitative estimate of drug-likeness (QED) is 0.458. The Morgan fingerprint density at radius 2 is 1.91 bits per heavy atom. The molecule has 2 rings (SSSR count). The molecule has 7 nitrogen and oxygen atoms in total. The number of aromatic nitrogens is 1. The SMILES string of the molecule is CCOC(=O)C(=O)c1csc(NC(=O)Nc2ccc(Br)cc2)n1. The molecular formula is C14H12BrN3O4S. The van der Waals surface area contributed by atoms with Crippen molar-refractivity contribution in [3.05, 3.63) is 39.8 Å². The lowest BCUT2D eigenvalue weighted by Crippen LogP contribution is -2.20. The number of hydrogen-bond acceptors (Lipinski definition) is 6. The summed E-state index contributed by atoms with van der Waals surface area (Å²) in [5.41, 5.74) is 0.539. The molecule has 1 heterocycles. The number of nitrogens with one attached hydrogen (secondary N) is 2. The van der Waals surface area contributed by atoms with E-state index in [-0.39, 0.29) is 17.4 Å². The average Bonchev–Trinajstić information content (AvgIpc) is 2.97. The van der Waals surface area contributed by atoms with Crippen LogP contribution in [-0.4, -0.2) is 29.4 Å². The summed E-state index contributed by atoms with van der Waals surface area (Å²) in [6.07, 6.45) is 0. The predicted molar refractivity (Wildman–Crippen MR) is 89.9 cm³/mol. The van der Waals surface area contributed by atoms with Gasteiger partial charge in [-0.05, 0) is 31.2 Å². The molecule has 2 amide bonds. The van der Waals surface area contributed by atoms with Gasteiger partial charge in [-0.2, -0.15) is 0 Å². The minimum atomic E-state index is -0.969. The van der Waals surface area contributed by atoms with E-state index in [9.17, 15) is 14.4 Å². The molecule has 0 bridgehead atoms. The van der Waals surface area contributed by atoms with E-state index in [0.29, 0.717) is 5.69 Å². The van der Waals surface area contributed by atoms with Crippen molar-refractivity contribution in [3.8, 4) is 0 Å². The Labute approximate surface area is 144 Å². The summed E-state index contributed by atoms with van der Waals surface area (Å²) < 4.78 is 5.50. The molecule has 0 saturated carbocycles. The van der Waals surface area contributed by atoms with E-state index in [1.165, 1.54) is 5.38 Å². The van der Waals surface area contributed by atoms with Crippen molar-refractivity contribution in [3.63, 3.8) is 0 Å². The maximum Gasteiger partial charge on any atom is 0.381 e. The van der Waals surface area contributed by atoms with Gasteiger partial charge < -0.3 is 10.1 Å². The van der Waals surface area contributed by atoms with E-state index in [4.69, 9.17) is 0 Å². The van der Waals surface area contributed by atoms with E-state index in [1.807, 2.05) is 0 Å². The Kier molecular flexibility index (Phi) is 5.83. The Hall–Kier alpha value is -2.26. The van der Waals surface area contributed by atoms with Crippen molar-refractivity contribution in [2.45, 2.75) is 6.92 Å². The smallest absolute Gasteiger partial charge is 0.381 e. The maximum atomic E-state index is 11.8. The Balaban J connectivity index is 1.95. The van der Waals surface area contributed by atoms with Crippen molar-refractivity contribution < 1.29 is 19.1 Å². The largest absolute Gasteiger partial charge is 0.460 e. The molecule has 23 heavy (non-hydrogen) atoms. The number of thiazole rings is 1. The zero-order valence-corrected chi connectivity index (χ0v) is 14.4. The number of carbonyl (C=O) groups is 3. The summed E-state index contributed by atoms with van der Waals surface area (Å²) in [5, 5.41) is 6.70. The summed E-state index contributed by atoms with van der Waals surface area (Å²) >= 11 is 4.33. The molecule has 0 unspecified atom stereocenters. The molecule has 0 atom stereocenters. The highest BCUT2D eigenvalue weighted by Gasteiger charge is 2.21. The second-order valence-electron chi connectivity index (χ2n) is 4.17. The third-order valence-corrected chi connectivity index (χ3v) is 3.81. The van der Waals surface area contributed by atoms with Gasteiger partial charge >= 0.3 is 12.0 Å². The van der Waals surface area contributed by atoms with Gasteiger partial charge in [0.15, 0.2) is 5.13 Å². The fraction of sp³-hybridized carbons (Fsp3) is 0.143. The highest BCUT2D eigenvalue weighted by molar-refractivity contribution is 9.10. The summed E-state index contributed by atoms with van der Waals surface area (Å²) in [6.45, 7) is 1.71. The van der Waals surface area contributed by atoms with Crippen LogP contribution in [0.5, 0.6) is 0 Å². The second-order valence-corrected chi connectivity index (χ2v) is 5.95. The number of anilines is 2. The number of nitrogens with zero attached hydrogens (tertiary/aromatic N) is 1. The van der Waals surface area contributed by atoms with Crippen LogP contribution in [0.2, 0.25) is 0 Å². The molecule has 0 fully saturated rings. The van der Waals surface area contributed by atoms with Crippen LogP contribution in [0.25, 0.3) is 0 Å². The van der Waals surface area contributed by atoms with E-state index < -0.39 is 17.8 Å². The van der Waals surface area contributed by atoms with Crippen molar-refractivity contribution >= 4 is 55.9 Å². The number of urea groups is 1. The lowest BCUT2D eigenvalue weighted by Gasteiger charge is -2.05. The van der Waals surface area contributed by atoms with Gasteiger partial charge in [-0.1, -0.05) is 15.9 Å². The van der Waals surface area contributed by atoms with Crippen LogP contribution in [0.1, 0.15) is 17.4 Å². The zero-order chi connectivity index (χ0) is 16.8. The standard InChI is InChI=1S/C14H12BrN3O4S/c1-2-22-12(20)11(19)10-7-23-14(17-10)18-13(21)16-9-5-3-8(15)4-6-9/h3-7H,2H2,1H3,(H2,16,17,18,21). The summed E-state index contributed by atoms with van der Waals surface area (Å²) in [5.74, 6) is -1.81. The number of halogens is 1. The molecule has 1 aromatic heterocycles. The molecule has 2 aromatic rings. The van der Waals surface area contributed by atoms with Crippen LogP contribution in [0.15, 0.2) is 34.1 Å². The highest BCUT2D eigenvalue weighted by Crippen LogP contribution is 2.18. The van der Waals surface area contributed by atoms with Crippen molar-refractivity contribution in [2.24, 2.45) is 0 Å². The number of Topliss-reactive ketones (excluding diaryl/α,β-unsaturated/α-hetero) is 1. The molecular weight excluding hydrogens is 386 g/mol. The molecule has 0 spiro atoms. The average molecular weight is 398 g/mol. The van der Waals surface area contributed by atoms with Crippen LogP contribution >= 0.6 is 27.3 Å². The first-order chi connectivity index (χ1) is 11.0. The summed E-state index contributed by atoms with van der Waals surface area (Å²) in [6, 6.07) is 6.52. The number of ketones is 1. The van der Waals surface area contributed by atoms with E-state index in [2.05, 4.69) is 36.3 Å². The first-order valence-electron chi connectivity index (χ1n) is 6.50. The Morgan fingerprint density at radius 1 is 1.22 bits per heavy atom. The third-order valence-electron chi connectivity index (χ3n) is 2.52. The number of esters is 1. The fourth-order valence-corrected chi connectivity index (χ4v) is 2.48. The highest BCUT2D eigenvalue weighted by atomic mass is 79.9.